The van der Waals surface area contributed by atoms with E-state index in [4.69, 9.17) is 9.47 Å². The fourth-order valence-electron chi connectivity index (χ4n) is 2.26. The summed E-state index contributed by atoms with van der Waals surface area (Å²) in [7, 11) is 0. The zero-order chi connectivity index (χ0) is 19.9. The van der Waals surface area contributed by atoms with Crippen molar-refractivity contribution in [2.75, 3.05) is 6.61 Å². The summed E-state index contributed by atoms with van der Waals surface area (Å²) < 4.78 is 49.3. The molecule has 0 spiro atoms. The molecule has 0 fully saturated rings. The lowest BCUT2D eigenvalue weighted by molar-refractivity contribution is -0.137. The highest BCUT2D eigenvalue weighted by Crippen LogP contribution is 2.32. The fraction of sp³-hybridized carbons (Fsp3) is 0.316. The van der Waals surface area contributed by atoms with Gasteiger partial charge in [-0.05, 0) is 36.2 Å². The van der Waals surface area contributed by atoms with Crippen LogP contribution in [0.15, 0.2) is 53.0 Å². The number of amides is 1. The summed E-state index contributed by atoms with van der Waals surface area (Å²) >= 11 is 3.07. The number of hydrogen-bond donors (Lipinski definition) is 1. The highest BCUT2D eigenvalue weighted by Gasteiger charge is 2.31. The van der Waals surface area contributed by atoms with Crippen LogP contribution in [0.2, 0.25) is 0 Å². The number of halogens is 4. The van der Waals surface area contributed by atoms with Gasteiger partial charge < -0.3 is 14.8 Å². The molecule has 1 atom stereocenters. The third kappa shape index (κ3) is 7.60. The number of carbonyl (C=O) groups excluding carboxylic acids is 1. The molecule has 1 N–H and O–H groups in total. The quantitative estimate of drug-likeness (QED) is 0.628. The number of alkyl halides is 3. The summed E-state index contributed by atoms with van der Waals surface area (Å²) in [5.74, 6) is 0. The van der Waals surface area contributed by atoms with E-state index in [1.165, 1.54) is 0 Å². The van der Waals surface area contributed by atoms with Gasteiger partial charge in [0.05, 0.1) is 24.8 Å². The standard InChI is InChI=1S/C19H19BrF3NO3/c1-13(24-18(25)27-12-14-5-3-2-4-6-14)10-26-11-15-7-16(19(21,22)23)9-17(20)8-15/h2-9,13H,10-12H2,1H3,(H,24,25)/t13-/m0/s1. The fourth-order valence-corrected chi connectivity index (χ4v) is 2.80. The second-order valence-electron chi connectivity index (χ2n) is 5.97. The van der Waals surface area contributed by atoms with Crippen LogP contribution in [-0.4, -0.2) is 18.7 Å². The first-order valence-corrected chi connectivity index (χ1v) is 8.95. The van der Waals surface area contributed by atoms with Gasteiger partial charge in [0.1, 0.15) is 6.61 Å². The summed E-state index contributed by atoms with van der Waals surface area (Å²) in [6.45, 7) is 1.99. The molecule has 0 heterocycles. The summed E-state index contributed by atoms with van der Waals surface area (Å²) in [6, 6.07) is 12.5. The van der Waals surface area contributed by atoms with Crippen LogP contribution in [-0.2, 0) is 28.9 Å². The monoisotopic (exact) mass is 445 g/mol. The van der Waals surface area contributed by atoms with Crippen molar-refractivity contribution in [3.05, 3.63) is 69.7 Å². The molecule has 2 aromatic carbocycles. The maximum Gasteiger partial charge on any atom is 0.416 e. The first-order chi connectivity index (χ1) is 12.7. The summed E-state index contributed by atoms with van der Waals surface area (Å²) in [5, 5.41) is 2.61. The lowest BCUT2D eigenvalue weighted by Gasteiger charge is -2.15. The molecule has 0 aliphatic rings. The van der Waals surface area contributed by atoms with Crippen LogP contribution in [0.3, 0.4) is 0 Å². The van der Waals surface area contributed by atoms with Crippen molar-refractivity contribution in [3.8, 4) is 0 Å². The van der Waals surface area contributed by atoms with Crippen molar-refractivity contribution >= 4 is 22.0 Å². The van der Waals surface area contributed by atoms with Crippen molar-refractivity contribution in [2.24, 2.45) is 0 Å². The molecule has 0 aliphatic carbocycles. The van der Waals surface area contributed by atoms with Gasteiger partial charge in [0.15, 0.2) is 0 Å². The number of ether oxygens (including phenoxy) is 2. The van der Waals surface area contributed by atoms with Crippen LogP contribution in [0, 0.1) is 0 Å². The second-order valence-corrected chi connectivity index (χ2v) is 6.88. The SMILES string of the molecule is C[C@@H](COCc1cc(Br)cc(C(F)(F)F)c1)NC(=O)OCc1ccccc1. The Balaban J connectivity index is 1.75. The van der Waals surface area contributed by atoms with E-state index in [-0.39, 0.29) is 25.9 Å². The van der Waals surface area contributed by atoms with Crippen LogP contribution in [0.1, 0.15) is 23.6 Å². The molecule has 0 aliphatic heterocycles. The minimum Gasteiger partial charge on any atom is -0.445 e. The predicted octanol–water partition coefficient (Wildman–Crippen LogP) is 5.30. The Morgan fingerprint density at radius 2 is 1.81 bits per heavy atom. The summed E-state index contributed by atoms with van der Waals surface area (Å²) in [6.07, 6.45) is -5.01. The number of rotatable bonds is 7. The number of carbonyl (C=O) groups is 1. The smallest absolute Gasteiger partial charge is 0.416 e. The van der Waals surface area contributed by atoms with E-state index in [1.54, 1.807) is 13.0 Å². The molecule has 146 valence electrons. The Labute approximate surface area is 163 Å². The average molecular weight is 446 g/mol. The van der Waals surface area contributed by atoms with Crippen LogP contribution < -0.4 is 5.32 Å². The van der Waals surface area contributed by atoms with E-state index in [0.717, 1.165) is 17.7 Å². The molecule has 27 heavy (non-hydrogen) atoms. The van der Waals surface area contributed by atoms with Gasteiger partial charge in [-0.25, -0.2) is 4.79 Å². The molecule has 0 unspecified atom stereocenters. The van der Waals surface area contributed by atoms with Gasteiger partial charge in [0.2, 0.25) is 0 Å². The molecule has 4 nitrogen and oxygen atoms in total. The highest BCUT2D eigenvalue weighted by molar-refractivity contribution is 9.10. The van der Waals surface area contributed by atoms with Gasteiger partial charge in [0, 0.05) is 4.47 Å². The van der Waals surface area contributed by atoms with Crippen LogP contribution >= 0.6 is 15.9 Å². The first-order valence-electron chi connectivity index (χ1n) is 8.15. The number of benzene rings is 2. The van der Waals surface area contributed by atoms with Gasteiger partial charge >= 0.3 is 12.3 Å². The molecule has 0 radical (unpaired) electrons. The lowest BCUT2D eigenvalue weighted by Crippen LogP contribution is -2.36. The maximum atomic E-state index is 12.8. The zero-order valence-electron chi connectivity index (χ0n) is 14.6. The first kappa shape index (κ1) is 21.2. The molecule has 0 aromatic heterocycles. The summed E-state index contributed by atoms with van der Waals surface area (Å²) in [5.41, 5.74) is 0.508. The van der Waals surface area contributed by atoms with E-state index < -0.39 is 17.8 Å². The molecule has 8 heteroatoms. The number of alkyl carbamates (subject to hydrolysis) is 1. The molecule has 1 amide bonds. The third-order valence-corrected chi connectivity index (χ3v) is 3.96. The minimum atomic E-state index is -4.42. The zero-order valence-corrected chi connectivity index (χ0v) is 16.1. The average Bonchev–Trinajstić information content (AvgIpc) is 2.59. The maximum absolute atomic E-state index is 12.8. The van der Waals surface area contributed by atoms with Crippen LogP contribution in [0.4, 0.5) is 18.0 Å². The molecule has 0 bridgehead atoms. The van der Waals surface area contributed by atoms with Crippen LogP contribution in [0.5, 0.6) is 0 Å². The predicted molar refractivity (Wildman–Crippen MR) is 98.0 cm³/mol. The van der Waals surface area contributed by atoms with E-state index in [9.17, 15) is 18.0 Å². The minimum absolute atomic E-state index is 0.00635. The van der Waals surface area contributed by atoms with E-state index in [2.05, 4.69) is 21.2 Å². The van der Waals surface area contributed by atoms with Crippen molar-refractivity contribution in [1.29, 1.82) is 0 Å². The highest BCUT2D eigenvalue weighted by atomic mass is 79.9. The largest absolute Gasteiger partial charge is 0.445 e. The second kappa shape index (κ2) is 9.75. The van der Waals surface area contributed by atoms with Crippen molar-refractivity contribution in [2.45, 2.75) is 32.4 Å². The van der Waals surface area contributed by atoms with E-state index in [1.807, 2.05) is 30.3 Å². The molecule has 2 rings (SSSR count). The lowest BCUT2D eigenvalue weighted by atomic mass is 10.1. The normalized spacial score (nSPS) is 12.5. The Morgan fingerprint density at radius 1 is 1.11 bits per heavy atom. The molecule has 0 saturated carbocycles. The molecular weight excluding hydrogens is 427 g/mol. The Bertz CT molecular complexity index is 754. The number of nitrogens with one attached hydrogen (secondary N) is 1. The van der Waals surface area contributed by atoms with E-state index >= 15 is 0 Å². The van der Waals surface area contributed by atoms with Crippen molar-refractivity contribution < 1.29 is 27.4 Å². The van der Waals surface area contributed by atoms with Crippen LogP contribution in [0.25, 0.3) is 0 Å². The van der Waals surface area contributed by atoms with Gasteiger partial charge in [-0.2, -0.15) is 13.2 Å². The van der Waals surface area contributed by atoms with Crippen molar-refractivity contribution in [1.82, 2.24) is 5.32 Å². The molecular formula is C19H19BrF3NO3. The Hall–Kier alpha value is -2.06. The topological polar surface area (TPSA) is 47.6 Å². The Morgan fingerprint density at radius 3 is 2.48 bits per heavy atom. The Kier molecular flexibility index (Phi) is 7.67. The van der Waals surface area contributed by atoms with Gasteiger partial charge in [-0.1, -0.05) is 46.3 Å². The third-order valence-electron chi connectivity index (χ3n) is 3.50. The van der Waals surface area contributed by atoms with E-state index in [0.29, 0.717) is 10.0 Å². The van der Waals surface area contributed by atoms with Gasteiger partial charge in [-0.3, -0.25) is 0 Å². The number of hydrogen-bond acceptors (Lipinski definition) is 3. The van der Waals surface area contributed by atoms with Gasteiger partial charge in [0.25, 0.3) is 0 Å². The van der Waals surface area contributed by atoms with Gasteiger partial charge in [-0.15, -0.1) is 0 Å². The van der Waals surface area contributed by atoms with Crippen molar-refractivity contribution in [3.63, 3.8) is 0 Å². The molecule has 0 saturated heterocycles. The summed E-state index contributed by atoms with van der Waals surface area (Å²) in [4.78, 5) is 11.7. The molecule has 2 aromatic rings.